The number of methoxy groups -OCH3 is 2. The molecule has 218 valence electrons. The molecule has 3 heterocycles. The molecule has 1 atom stereocenters. The van der Waals surface area contributed by atoms with Gasteiger partial charge < -0.3 is 29.9 Å². The molecule has 0 spiro atoms. The zero-order valence-corrected chi connectivity index (χ0v) is 26.3. The number of ether oxygens (including phenoxy) is 2. The molecule has 3 aromatic rings. The summed E-state index contributed by atoms with van der Waals surface area (Å²) in [6.07, 6.45) is 1.70. The van der Waals surface area contributed by atoms with Crippen LogP contribution in [0.5, 0.6) is 5.88 Å². The van der Waals surface area contributed by atoms with Crippen LogP contribution in [0.3, 0.4) is 0 Å². The Balaban J connectivity index is 1.62. The molecule has 1 aliphatic heterocycles. The van der Waals surface area contributed by atoms with E-state index in [4.69, 9.17) is 18.9 Å². The highest BCUT2D eigenvalue weighted by Gasteiger charge is 2.42. The Morgan fingerprint density at radius 2 is 1.93 bits per heavy atom. The fraction of sp³-hybridized carbons (Fsp3) is 0.467. The molecule has 1 aliphatic rings. The summed E-state index contributed by atoms with van der Waals surface area (Å²) >= 11 is 0. The molecule has 0 aliphatic carbocycles. The largest absolute Gasteiger partial charge is 0.479 e. The van der Waals surface area contributed by atoms with Crippen LogP contribution in [-0.2, 0) is 14.6 Å². The molecule has 0 saturated heterocycles. The molecule has 11 heteroatoms. The van der Waals surface area contributed by atoms with Gasteiger partial charge in [-0.15, -0.1) is 0 Å². The van der Waals surface area contributed by atoms with Crippen molar-refractivity contribution in [1.29, 1.82) is 5.26 Å². The van der Waals surface area contributed by atoms with Crippen LogP contribution in [0, 0.1) is 11.3 Å². The number of fused-ring (bicyclic) bond motifs is 1. The zero-order chi connectivity index (χ0) is 29.8. The number of aromatic nitrogens is 3. The number of nitriles is 1. The van der Waals surface area contributed by atoms with Gasteiger partial charge in [-0.2, -0.15) is 10.2 Å². The lowest BCUT2D eigenvalue weighted by atomic mass is 9.83. The van der Waals surface area contributed by atoms with Gasteiger partial charge in [-0.25, -0.2) is 9.97 Å². The molecule has 0 amide bonds. The minimum atomic E-state index is -1.95. The molecule has 1 aromatic carbocycles. The van der Waals surface area contributed by atoms with Crippen LogP contribution in [0.1, 0.15) is 38.8 Å². The van der Waals surface area contributed by atoms with Gasteiger partial charge in [0, 0.05) is 44.0 Å². The van der Waals surface area contributed by atoms with E-state index in [-0.39, 0.29) is 10.5 Å². The van der Waals surface area contributed by atoms with E-state index in [9.17, 15) is 5.26 Å². The van der Waals surface area contributed by atoms with Gasteiger partial charge in [-0.3, -0.25) is 0 Å². The molecule has 0 saturated carbocycles. The third kappa shape index (κ3) is 6.61. The van der Waals surface area contributed by atoms with E-state index in [2.05, 4.69) is 78.8 Å². The van der Waals surface area contributed by atoms with Crippen molar-refractivity contribution in [2.45, 2.75) is 51.2 Å². The lowest BCUT2D eigenvalue weighted by Gasteiger charge is -2.39. The van der Waals surface area contributed by atoms with E-state index in [0.717, 1.165) is 16.8 Å². The minimum absolute atomic E-state index is 0.112. The van der Waals surface area contributed by atoms with Crippen molar-refractivity contribution >= 4 is 31.5 Å². The molecule has 10 nitrogen and oxygen atoms in total. The van der Waals surface area contributed by atoms with Gasteiger partial charge in [-0.1, -0.05) is 27.7 Å². The second kappa shape index (κ2) is 12.0. The number of nitrogens with zero attached hydrogens (tertiary/aromatic N) is 4. The number of pyridine rings is 1. The standard InChI is InChI=1S/C30H41N7O3Si/c1-29(2,3)41(7,8)40-19-30(4)18-34-26-21(17-31)15-20(16-22(26)30)23-11-12-33-28(35-23)36-24-9-10-25(32-13-14-38-5)37-27(24)39-6/h9-12,15-16,34H,13-14,18-19H2,1-8H3,(H,32,37)(H,33,35,36). The van der Waals surface area contributed by atoms with Crippen molar-refractivity contribution in [2.24, 2.45) is 0 Å². The van der Waals surface area contributed by atoms with Crippen LogP contribution in [-0.4, -0.2) is 63.8 Å². The van der Waals surface area contributed by atoms with Crippen LogP contribution < -0.4 is 20.7 Å². The normalized spacial score (nSPS) is 16.5. The second-order valence-corrected chi connectivity index (χ2v) is 16.9. The Morgan fingerprint density at radius 3 is 2.61 bits per heavy atom. The predicted octanol–water partition coefficient (Wildman–Crippen LogP) is 5.93. The average molecular weight is 576 g/mol. The summed E-state index contributed by atoms with van der Waals surface area (Å²) in [7, 11) is 1.27. The summed E-state index contributed by atoms with van der Waals surface area (Å²) in [5.41, 5.74) is 4.43. The van der Waals surface area contributed by atoms with Crippen LogP contribution >= 0.6 is 0 Å². The third-order valence-electron chi connectivity index (χ3n) is 7.99. The molecule has 1 unspecified atom stereocenters. The van der Waals surface area contributed by atoms with E-state index in [1.165, 1.54) is 0 Å². The van der Waals surface area contributed by atoms with Crippen LogP contribution in [0.15, 0.2) is 36.5 Å². The maximum absolute atomic E-state index is 10.0. The Bertz CT molecular complexity index is 1430. The molecule has 0 radical (unpaired) electrons. The van der Waals surface area contributed by atoms with E-state index < -0.39 is 8.32 Å². The smallest absolute Gasteiger partial charge is 0.239 e. The minimum Gasteiger partial charge on any atom is -0.479 e. The predicted molar refractivity (Wildman–Crippen MR) is 166 cm³/mol. The number of hydrogen-bond acceptors (Lipinski definition) is 10. The average Bonchev–Trinajstić information content (AvgIpc) is 3.28. The van der Waals surface area contributed by atoms with Gasteiger partial charge in [0.15, 0.2) is 8.32 Å². The first kappa shape index (κ1) is 30.2. The highest BCUT2D eigenvalue weighted by molar-refractivity contribution is 6.74. The summed E-state index contributed by atoms with van der Waals surface area (Å²) in [5, 5.41) is 20.0. The fourth-order valence-corrected chi connectivity index (χ4v) is 5.49. The second-order valence-electron chi connectivity index (χ2n) is 12.1. The molecule has 41 heavy (non-hydrogen) atoms. The van der Waals surface area contributed by atoms with E-state index in [0.29, 0.717) is 60.9 Å². The Labute approximate surface area is 244 Å². The molecular formula is C30H41N7O3Si. The Morgan fingerprint density at radius 1 is 1.15 bits per heavy atom. The van der Waals surface area contributed by atoms with Crippen molar-refractivity contribution in [3.05, 3.63) is 47.7 Å². The van der Waals surface area contributed by atoms with Crippen LogP contribution in [0.2, 0.25) is 18.1 Å². The molecule has 2 aromatic heterocycles. The van der Waals surface area contributed by atoms with Crippen molar-refractivity contribution < 1.29 is 13.9 Å². The fourth-order valence-electron chi connectivity index (χ4n) is 4.38. The quantitative estimate of drug-likeness (QED) is 0.187. The Kier molecular flexibility index (Phi) is 8.87. The first-order chi connectivity index (χ1) is 19.4. The Hall–Kier alpha value is -3.72. The van der Waals surface area contributed by atoms with E-state index >= 15 is 0 Å². The highest BCUT2D eigenvalue weighted by Crippen LogP contribution is 2.44. The van der Waals surface area contributed by atoms with Crippen molar-refractivity contribution in [2.75, 3.05) is 56.5 Å². The van der Waals surface area contributed by atoms with Gasteiger partial charge >= 0.3 is 0 Å². The van der Waals surface area contributed by atoms with Crippen LogP contribution in [0.25, 0.3) is 11.3 Å². The number of benzene rings is 1. The van der Waals surface area contributed by atoms with E-state index in [1.54, 1.807) is 20.4 Å². The molecule has 0 bridgehead atoms. The van der Waals surface area contributed by atoms with Crippen molar-refractivity contribution in [3.63, 3.8) is 0 Å². The molecule has 3 N–H and O–H groups in total. The summed E-state index contributed by atoms with van der Waals surface area (Å²) in [4.78, 5) is 13.7. The summed E-state index contributed by atoms with van der Waals surface area (Å²) in [6, 6.07) is 11.9. The van der Waals surface area contributed by atoms with E-state index in [1.807, 2.05) is 24.3 Å². The van der Waals surface area contributed by atoms with Crippen LogP contribution in [0.4, 0.5) is 23.1 Å². The molecule has 4 rings (SSSR count). The number of nitrogens with one attached hydrogen (secondary N) is 3. The van der Waals surface area contributed by atoms with Crippen molar-refractivity contribution in [1.82, 2.24) is 15.0 Å². The lowest BCUT2D eigenvalue weighted by molar-refractivity contribution is 0.210. The van der Waals surface area contributed by atoms with Crippen molar-refractivity contribution in [3.8, 4) is 23.2 Å². The molecule has 0 fully saturated rings. The topological polar surface area (TPSA) is 126 Å². The molecular weight excluding hydrogens is 534 g/mol. The number of rotatable bonds is 11. The summed E-state index contributed by atoms with van der Waals surface area (Å²) < 4.78 is 17.2. The van der Waals surface area contributed by atoms with Gasteiger partial charge in [0.2, 0.25) is 11.8 Å². The highest BCUT2D eigenvalue weighted by atomic mass is 28.4. The van der Waals surface area contributed by atoms with Gasteiger partial charge in [0.1, 0.15) is 17.6 Å². The van der Waals surface area contributed by atoms with Gasteiger partial charge in [0.05, 0.1) is 30.7 Å². The maximum atomic E-state index is 10.0. The SMILES string of the molecule is COCCNc1ccc(Nc2nccc(-c3cc(C#N)c4c(c3)C(C)(CO[Si](C)(C)C(C)(C)C)CN4)n2)c(OC)n1. The lowest BCUT2D eigenvalue weighted by Crippen LogP contribution is -2.45. The third-order valence-corrected chi connectivity index (χ3v) is 12.5. The first-order valence-corrected chi connectivity index (χ1v) is 16.7. The number of anilines is 4. The zero-order valence-electron chi connectivity index (χ0n) is 25.3. The summed E-state index contributed by atoms with van der Waals surface area (Å²) in [5.74, 6) is 1.48. The van der Waals surface area contributed by atoms with Gasteiger partial charge in [0.25, 0.3) is 0 Å². The first-order valence-electron chi connectivity index (χ1n) is 13.8. The van der Waals surface area contributed by atoms with Gasteiger partial charge in [-0.05, 0) is 54.0 Å². The summed E-state index contributed by atoms with van der Waals surface area (Å²) in [6.45, 7) is 16.0. The number of hydrogen-bond donors (Lipinski definition) is 3. The monoisotopic (exact) mass is 575 g/mol. The maximum Gasteiger partial charge on any atom is 0.239 e.